The topological polar surface area (TPSA) is 149 Å². The molecule has 3 aromatic rings. The number of nitro groups is 1. The summed E-state index contributed by atoms with van der Waals surface area (Å²) in [6, 6.07) is 7.74. The first-order chi connectivity index (χ1) is 14.1. The van der Waals surface area contributed by atoms with E-state index in [1.165, 1.54) is 12.1 Å². The molecule has 1 aromatic carbocycles. The Hall–Kier alpha value is -3.57. The van der Waals surface area contributed by atoms with E-state index in [1.807, 2.05) is 18.2 Å². The predicted molar refractivity (Wildman–Crippen MR) is 106 cm³/mol. The van der Waals surface area contributed by atoms with E-state index in [0.717, 1.165) is 16.6 Å². The van der Waals surface area contributed by atoms with Crippen LogP contribution in [0.25, 0.3) is 10.9 Å². The normalized spacial score (nSPS) is 16.7. The van der Waals surface area contributed by atoms with E-state index in [1.54, 1.807) is 11.1 Å². The molecule has 0 spiro atoms. The standard InChI is InChI=1S/C18H19N7O4/c26-10-16(27)15-9-19-5-6-24(15)18-14(25(28)29)3-4-17(22-18)21-12-1-2-13-11(7-12)8-20-23-13/h1-4,7-8,15,19,26H,5-6,9-10H2,(H,20,23)(H,21,22). The maximum absolute atomic E-state index is 12.2. The third kappa shape index (κ3) is 3.73. The largest absolute Gasteiger partial charge is 0.388 e. The zero-order chi connectivity index (χ0) is 20.4. The van der Waals surface area contributed by atoms with Crippen LogP contribution in [-0.2, 0) is 4.79 Å². The second kappa shape index (κ2) is 7.81. The number of fused-ring (bicyclic) bond motifs is 1. The fourth-order valence-corrected chi connectivity index (χ4v) is 3.38. The smallest absolute Gasteiger partial charge is 0.311 e. The number of H-pyrrole nitrogens is 1. The van der Waals surface area contributed by atoms with Gasteiger partial charge in [-0.05, 0) is 24.3 Å². The highest BCUT2D eigenvalue weighted by atomic mass is 16.6. The molecule has 1 atom stereocenters. The van der Waals surface area contributed by atoms with Crippen molar-refractivity contribution >= 4 is 39.7 Å². The second-order valence-electron chi connectivity index (χ2n) is 6.63. The Kier molecular flexibility index (Phi) is 5.06. The van der Waals surface area contributed by atoms with Crippen LogP contribution in [0.5, 0.6) is 0 Å². The summed E-state index contributed by atoms with van der Waals surface area (Å²) in [5, 5.41) is 34.8. The summed E-state index contributed by atoms with van der Waals surface area (Å²) in [5.41, 5.74) is 1.44. The lowest BCUT2D eigenvalue weighted by atomic mass is 10.1. The lowest BCUT2D eigenvalue weighted by molar-refractivity contribution is -0.384. The number of anilines is 3. The number of rotatable bonds is 6. The molecule has 11 heteroatoms. The van der Waals surface area contributed by atoms with Gasteiger partial charge in [-0.25, -0.2) is 4.98 Å². The number of aromatic amines is 1. The zero-order valence-corrected chi connectivity index (χ0v) is 15.3. The van der Waals surface area contributed by atoms with Crippen LogP contribution in [0.2, 0.25) is 0 Å². The first kappa shape index (κ1) is 18.8. The van der Waals surface area contributed by atoms with Crippen molar-refractivity contribution in [2.24, 2.45) is 0 Å². The van der Waals surface area contributed by atoms with E-state index in [0.29, 0.717) is 18.9 Å². The minimum atomic E-state index is -0.725. The molecule has 3 heterocycles. The van der Waals surface area contributed by atoms with Crippen LogP contribution in [0.15, 0.2) is 36.5 Å². The quantitative estimate of drug-likeness (QED) is 0.352. The lowest BCUT2D eigenvalue weighted by Gasteiger charge is -2.35. The number of aliphatic hydroxyl groups excluding tert-OH is 1. The number of piperazine rings is 1. The molecular formula is C18H19N7O4. The number of pyridine rings is 1. The molecule has 0 saturated carbocycles. The maximum atomic E-state index is 12.2. The van der Waals surface area contributed by atoms with Gasteiger partial charge in [0, 0.05) is 36.8 Å². The highest BCUT2D eigenvalue weighted by molar-refractivity contribution is 5.89. The molecule has 29 heavy (non-hydrogen) atoms. The summed E-state index contributed by atoms with van der Waals surface area (Å²) >= 11 is 0. The molecule has 4 rings (SSSR count). The Labute approximate surface area is 164 Å². The van der Waals surface area contributed by atoms with Gasteiger partial charge < -0.3 is 20.6 Å². The van der Waals surface area contributed by atoms with Crippen LogP contribution < -0.4 is 15.5 Å². The number of nitrogens with one attached hydrogen (secondary N) is 3. The van der Waals surface area contributed by atoms with Crippen LogP contribution in [0.1, 0.15) is 0 Å². The summed E-state index contributed by atoms with van der Waals surface area (Å²) < 4.78 is 0. The van der Waals surface area contributed by atoms with Gasteiger partial charge in [-0.2, -0.15) is 5.10 Å². The van der Waals surface area contributed by atoms with Crippen molar-refractivity contribution in [1.29, 1.82) is 0 Å². The van der Waals surface area contributed by atoms with E-state index in [2.05, 4.69) is 25.8 Å². The highest BCUT2D eigenvalue weighted by Gasteiger charge is 2.33. The maximum Gasteiger partial charge on any atom is 0.311 e. The molecule has 0 amide bonds. The summed E-state index contributed by atoms with van der Waals surface area (Å²) in [5.74, 6) is 0.0805. The van der Waals surface area contributed by atoms with E-state index in [9.17, 15) is 20.0 Å². The van der Waals surface area contributed by atoms with Crippen LogP contribution in [0, 0.1) is 10.1 Å². The summed E-state index contributed by atoms with van der Waals surface area (Å²) in [7, 11) is 0. The third-order valence-electron chi connectivity index (χ3n) is 4.81. The van der Waals surface area contributed by atoms with Crippen molar-refractivity contribution in [2.75, 3.05) is 36.5 Å². The van der Waals surface area contributed by atoms with Gasteiger partial charge in [-0.1, -0.05) is 0 Å². The van der Waals surface area contributed by atoms with Crippen LogP contribution >= 0.6 is 0 Å². The van der Waals surface area contributed by atoms with Crippen molar-refractivity contribution in [3.05, 3.63) is 46.6 Å². The number of Topliss-reactive ketones (excluding diaryl/α,β-unsaturated/α-hetero) is 1. The average Bonchev–Trinajstić information content (AvgIpc) is 3.21. The summed E-state index contributed by atoms with van der Waals surface area (Å²) in [4.78, 5) is 29.2. The average molecular weight is 397 g/mol. The minimum Gasteiger partial charge on any atom is -0.388 e. The van der Waals surface area contributed by atoms with Crippen LogP contribution in [-0.4, -0.2) is 63.3 Å². The van der Waals surface area contributed by atoms with E-state index < -0.39 is 23.4 Å². The van der Waals surface area contributed by atoms with E-state index >= 15 is 0 Å². The summed E-state index contributed by atoms with van der Waals surface area (Å²) in [6.07, 6.45) is 1.70. The fourth-order valence-electron chi connectivity index (χ4n) is 3.38. The van der Waals surface area contributed by atoms with Crippen LogP contribution in [0.3, 0.4) is 0 Å². The molecular weight excluding hydrogens is 378 g/mol. The Morgan fingerprint density at radius 3 is 3.03 bits per heavy atom. The molecule has 1 saturated heterocycles. The van der Waals surface area contributed by atoms with E-state index in [4.69, 9.17) is 0 Å². The van der Waals surface area contributed by atoms with Gasteiger partial charge in [0.15, 0.2) is 5.78 Å². The minimum absolute atomic E-state index is 0.0951. The van der Waals surface area contributed by atoms with E-state index in [-0.39, 0.29) is 18.1 Å². The number of hydrogen-bond donors (Lipinski definition) is 4. The first-order valence-electron chi connectivity index (χ1n) is 9.03. The first-order valence-corrected chi connectivity index (χ1v) is 9.03. The monoisotopic (exact) mass is 397 g/mol. The molecule has 0 bridgehead atoms. The molecule has 150 valence electrons. The molecule has 4 N–H and O–H groups in total. The van der Waals surface area contributed by atoms with Crippen LogP contribution in [0.4, 0.5) is 23.0 Å². The number of nitrogens with zero attached hydrogens (tertiary/aromatic N) is 4. The number of aliphatic hydroxyl groups is 1. The second-order valence-corrected chi connectivity index (χ2v) is 6.63. The predicted octanol–water partition coefficient (Wildman–Crippen LogP) is 0.949. The highest BCUT2D eigenvalue weighted by Crippen LogP contribution is 2.31. The molecule has 11 nitrogen and oxygen atoms in total. The molecule has 1 fully saturated rings. The van der Waals surface area contributed by atoms with Gasteiger partial charge in [0.1, 0.15) is 18.5 Å². The van der Waals surface area contributed by atoms with Gasteiger partial charge in [0.2, 0.25) is 5.82 Å². The van der Waals surface area contributed by atoms with Crippen molar-refractivity contribution in [3.63, 3.8) is 0 Å². The number of hydrogen-bond acceptors (Lipinski definition) is 9. The molecule has 1 aliphatic rings. The summed E-state index contributed by atoms with van der Waals surface area (Å²) in [6.45, 7) is 0.546. The lowest BCUT2D eigenvalue weighted by Crippen LogP contribution is -2.56. The number of ketones is 1. The van der Waals surface area contributed by atoms with Gasteiger partial charge in [-0.15, -0.1) is 0 Å². The number of carbonyl (C=O) groups excluding carboxylic acids is 1. The van der Waals surface area contributed by atoms with Gasteiger partial charge in [-0.3, -0.25) is 20.0 Å². The molecule has 0 radical (unpaired) electrons. The molecule has 1 unspecified atom stereocenters. The fraction of sp³-hybridized carbons (Fsp3) is 0.278. The Balaban J connectivity index is 1.69. The molecule has 0 aliphatic carbocycles. The number of benzene rings is 1. The third-order valence-corrected chi connectivity index (χ3v) is 4.81. The molecule has 1 aliphatic heterocycles. The Morgan fingerprint density at radius 1 is 1.38 bits per heavy atom. The Morgan fingerprint density at radius 2 is 2.24 bits per heavy atom. The zero-order valence-electron chi connectivity index (χ0n) is 15.3. The van der Waals surface area contributed by atoms with Gasteiger partial charge in [0.05, 0.1) is 16.6 Å². The number of aromatic nitrogens is 3. The van der Waals surface area contributed by atoms with Gasteiger partial charge in [0.25, 0.3) is 0 Å². The van der Waals surface area contributed by atoms with Gasteiger partial charge >= 0.3 is 5.69 Å². The SMILES string of the molecule is O=C(CO)C1CNCCN1c1nc(Nc2ccc3[nH]ncc3c2)ccc1[N+](=O)[O-]. The van der Waals surface area contributed by atoms with Crippen molar-refractivity contribution in [1.82, 2.24) is 20.5 Å². The van der Waals surface area contributed by atoms with Crippen molar-refractivity contribution in [3.8, 4) is 0 Å². The number of carbonyl (C=O) groups is 1. The molecule has 2 aromatic heterocycles. The van der Waals surface area contributed by atoms with Crippen molar-refractivity contribution < 1.29 is 14.8 Å². The van der Waals surface area contributed by atoms with Crippen molar-refractivity contribution in [2.45, 2.75) is 6.04 Å². The Bertz CT molecular complexity index is 1070.